The molecule has 0 atom stereocenters. The van der Waals surface area contributed by atoms with Gasteiger partial charge >= 0.3 is 0 Å². The fourth-order valence-corrected chi connectivity index (χ4v) is 2.86. The molecule has 0 spiro atoms. The maximum absolute atomic E-state index is 6.44. The zero-order valence-corrected chi connectivity index (χ0v) is 10.2. The van der Waals surface area contributed by atoms with Gasteiger partial charge in [-0.25, -0.2) is 0 Å². The lowest BCUT2D eigenvalue weighted by Crippen LogP contribution is -2.49. The molecule has 0 saturated heterocycles. The molecule has 2 nitrogen and oxygen atoms in total. The van der Waals surface area contributed by atoms with Crippen LogP contribution in [0.15, 0.2) is 24.3 Å². The van der Waals surface area contributed by atoms with Gasteiger partial charge in [0.25, 0.3) is 0 Å². The van der Waals surface area contributed by atoms with Gasteiger partial charge in [-0.3, -0.25) is 0 Å². The van der Waals surface area contributed by atoms with Gasteiger partial charge in [0.2, 0.25) is 0 Å². The van der Waals surface area contributed by atoms with Gasteiger partial charge in [0.15, 0.2) is 0 Å². The molecular weight excluding hydrogens is 198 g/mol. The summed E-state index contributed by atoms with van der Waals surface area (Å²) in [4.78, 5) is 0. The zero-order valence-electron chi connectivity index (χ0n) is 10.2. The Morgan fingerprint density at radius 2 is 2.06 bits per heavy atom. The molecule has 1 fully saturated rings. The topological polar surface area (TPSA) is 35.2 Å². The maximum Gasteiger partial charge on any atom is 0.123 e. The van der Waals surface area contributed by atoms with Crippen molar-refractivity contribution in [1.82, 2.24) is 0 Å². The Labute approximate surface area is 97.8 Å². The molecule has 0 radical (unpaired) electrons. The number of rotatable bonds is 4. The third-order valence-corrected chi connectivity index (χ3v) is 3.65. The minimum absolute atomic E-state index is 0.146. The average molecular weight is 219 g/mol. The van der Waals surface area contributed by atoms with Gasteiger partial charge in [0.05, 0.1) is 7.11 Å². The summed E-state index contributed by atoms with van der Waals surface area (Å²) in [6.45, 7) is 2.24. The molecule has 0 heterocycles. The number of hydrogen-bond acceptors (Lipinski definition) is 2. The summed E-state index contributed by atoms with van der Waals surface area (Å²) in [7, 11) is 1.71. The monoisotopic (exact) mass is 219 g/mol. The quantitative estimate of drug-likeness (QED) is 0.844. The molecule has 0 unspecified atom stereocenters. The minimum atomic E-state index is -0.146. The molecule has 0 amide bonds. The van der Waals surface area contributed by atoms with Crippen LogP contribution in [0.1, 0.15) is 38.2 Å². The number of methoxy groups -OCH3 is 1. The normalized spacial score (nSPS) is 28.6. The molecule has 0 aromatic heterocycles. The highest BCUT2D eigenvalue weighted by atomic mass is 16.5. The molecule has 1 aliphatic carbocycles. The highest BCUT2D eigenvalue weighted by Gasteiger charge is 2.43. The summed E-state index contributed by atoms with van der Waals surface area (Å²) in [6.07, 6.45) is 4.75. The Morgan fingerprint density at radius 3 is 2.69 bits per heavy atom. The van der Waals surface area contributed by atoms with E-state index in [0.717, 1.165) is 24.5 Å². The molecule has 0 bridgehead atoms. The van der Waals surface area contributed by atoms with Crippen LogP contribution in [0.4, 0.5) is 0 Å². The van der Waals surface area contributed by atoms with E-state index in [9.17, 15) is 0 Å². The second kappa shape index (κ2) is 4.46. The van der Waals surface area contributed by atoms with Crippen molar-refractivity contribution in [3.05, 3.63) is 29.8 Å². The Balaban J connectivity index is 2.13. The van der Waals surface area contributed by atoms with Crippen molar-refractivity contribution in [1.29, 1.82) is 0 Å². The van der Waals surface area contributed by atoms with Gasteiger partial charge in [-0.1, -0.05) is 38.0 Å². The van der Waals surface area contributed by atoms with E-state index in [0.29, 0.717) is 0 Å². The van der Waals surface area contributed by atoms with Crippen molar-refractivity contribution in [2.24, 2.45) is 11.7 Å². The van der Waals surface area contributed by atoms with Crippen LogP contribution in [-0.2, 0) is 5.54 Å². The molecule has 88 valence electrons. The van der Waals surface area contributed by atoms with Crippen molar-refractivity contribution in [3.63, 3.8) is 0 Å². The Kier molecular flexibility index (Phi) is 3.20. The van der Waals surface area contributed by atoms with Crippen molar-refractivity contribution in [2.45, 2.75) is 38.1 Å². The number of benzene rings is 1. The number of para-hydroxylation sites is 1. The van der Waals surface area contributed by atoms with Gasteiger partial charge < -0.3 is 10.5 Å². The molecular formula is C14H21NO. The van der Waals surface area contributed by atoms with Crippen molar-refractivity contribution in [3.8, 4) is 5.75 Å². The largest absolute Gasteiger partial charge is 0.496 e. The Morgan fingerprint density at radius 1 is 1.38 bits per heavy atom. The lowest BCUT2D eigenvalue weighted by Gasteiger charge is -2.46. The van der Waals surface area contributed by atoms with E-state index in [4.69, 9.17) is 10.5 Å². The lowest BCUT2D eigenvalue weighted by atomic mass is 9.64. The molecule has 16 heavy (non-hydrogen) atoms. The van der Waals surface area contributed by atoms with Crippen LogP contribution in [0.3, 0.4) is 0 Å². The number of hydrogen-bond donors (Lipinski definition) is 1. The molecule has 1 aromatic rings. The Hall–Kier alpha value is -1.02. The van der Waals surface area contributed by atoms with Crippen LogP contribution in [0.2, 0.25) is 0 Å². The predicted octanol–water partition coefficient (Wildman–Crippen LogP) is 3.06. The van der Waals surface area contributed by atoms with E-state index in [1.807, 2.05) is 18.2 Å². The first-order chi connectivity index (χ1) is 7.69. The fraction of sp³-hybridized carbons (Fsp3) is 0.571. The van der Waals surface area contributed by atoms with Crippen molar-refractivity contribution >= 4 is 0 Å². The summed E-state index contributed by atoms with van der Waals surface area (Å²) >= 11 is 0. The molecule has 1 saturated carbocycles. The van der Waals surface area contributed by atoms with Crippen LogP contribution >= 0.6 is 0 Å². The minimum Gasteiger partial charge on any atom is -0.496 e. The molecule has 2 rings (SSSR count). The summed E-state index contributed by atoms with van der Waals surface area (Å²) in [6, 6.07) is 8.13. The molecule has 0 aliphatic heterocycles. The third kappa shape index (κ3) is 1.94. The van der Waals surface area contributed by atoms with E-state index in [2.05, 4.69) is 13.0 Å². The zero-order chi connectivity index (χ0) is 11.6. The summed E-state index contributed by atoms with van der Waals surface area (Å²) in [5, 5.41) is 0. The van der Waals surface area contributed by atoms with Gasteiger partial charge in [0, 0.05) is 11.1 Å². The highest BCUT2D eigenvalue weighted by molar-refractivity contribution is 5.40. The van der Waals surface area contributed by atoms with Crippen LogP contribution in [-0.4, -0.2) is 7.11 Å². The van der Waals surface area contributed by atoms with Crippen LogP contribution in [0.5, 0.6) is 5.75 Å². The SMILES string of the molecule is CCCC1CC(N)(c2ccccc2OC)C1. The van der Waals surface area contributed by atoms with E-state index in [-0.39, 0.29) is 5.54 Å². The second-order valence-corrected chi connectivity index (χ2v) is 4.92. The molecule has 1 aromatic carbocycles. The van der Waals surface area contributed by atoms with E-state index in [1.165, 1.54) is 18.4 Å². The van der Waals surface area contributed by atoms with E-state index >= 15 is 0 Å². The van der Waals surface area contributed by atoms with Crippen LogP contribution in [0, 0.1) is 5.92 Å². The Bertz CT molecular complexity index is 356. The third-order valence-electron chi connectivity index (χ3n) is 3.65. The van der Waals surface area contributed by atoms with Gasteiger partial charge in [-0.2, -0.15) is 0 Å². The van der Waals surface area contributed by atoms with Gasteiger partial charge in [0.1, 0.15) is 5.75 Å². The van der Waals surface area contributed by atoms with Gasteiger partial charge in [-0.05, 0) is 24.8 Å². The van der Waals surface area contributed by atoms with Crippen molar-refractivity contribution < 1.29 is 4.74 Å². The first kappa shape index (κ1) is 11.5. The van der Waals surface area contributed by atoms with Gasteiger partial charge in [-0.15, -0.1) is 0 Å². The first-order valence-electron chi connectivity index (χ1n) is 6.12. The summed E-state index contributed by atoms with van der Waals surface area (Å²) in [5.74, 6) is 1.74. The average Bonchev–Trinajstić information content (AvgIpc) is 2.27. The molecule has 2 heteroatoms. The molecule has 2 N–H and O–H groups in total. The maximum atomic E-state index is 6.44. The smallest absolute Gasteiger partial charge is 0.123 e. The second-order valence-electron chi connectivity index (χ2n) is 4.92. The number of nitrogens with two attached hydrogens (primary N) is 1. The number of ether oxygens (including phenoxy) is 1. The van der Waals surface area contributed by atoms with E-state index in [1.54, 1.807) is 7.11 Å². The standard InChI is InChI=1S/C14H21NO/c1-3-6-11-9-14(15,10-11)12-7-4-5-8-13(12)16-2/h4-5,7-8,11H,3,6,9-10,15H2,1-2H3. The fourth-order valence-electron chi connectivity index (χ4n) is 2.86. The molecule has 1 aliphatic rings. The van der Waals surface area contributed by atoms with E-state index < -0.39 is 0 Å². The first-order valence-corrected chi connectivity index (χ1v) is 6.12. The van der Waals surface area contributed by atoms with Crippen LogP contribution < -0.4 is 10.5 Å². The van der Waals surface area contributed by atoms with Crippen molar-refractivity contribution in [2.75, 3.05) is 7.11 Å². The lowest BCUT2D eigenvalue weighted by molar-refractivity contribution is 0.134. The van der Waals surface area contributed by atoms with Crippen LogP contribution in [0.25, 0.3) is 0 Å². The summed E-state index contributed by atoms with van der Waals surface area (Å²) < 4.78 is 5.38. The predicted molar refractivity (Wildman–Crippen MR) is 66.5 cm³/mol. The summed E-state index contributed by atoms with van der Waals surface area (Å²) in [5.41, 5.74) is 7.47. The highest BCUT2D eigenvalue weighted by Crippen LogP contribution is 2.48.